The number of hydrogen-bond acceptors (Lipinski definition) is 6. The van der Waals surface area contributed by atoms with E-state index in [0.717, 1.165) is 28.4 Å². The largest absolute Gasteiger partial charge is 0.479 e. The Hall–Kier alpha value is -2.32. The van der Waals surface area contributed by atoms with Crippen molar-refractivity contribution >= 4 is 44.2 Å². The maximum atomic E-state index is 12.8. The maximum absolute atomic E-state index is 12.8. The highest BCUT2D eigenvalue weighted by Crippen LogP contribution is 2.31. The van der Waals surface area contributed by atoms with Crippen LogP contribution >= 0.6 is 22.9 Å². The summed E-state index contributed by atoms with van der Waals surface area (Å²) in [6.07, 6.45) is 1.70. The Morgan fingerprint density at radius 2 is 2.04 bits per heavy atom. The maximum Gasteiger partial charge on any atom is 0.261 e. The zero-order chi connectivity index (χ0) is 18.3. The number of nitrogens with zero attached hydrogens (tertiary/aromatic N) is 5. The molecule has 0 radical (unpaired) electrons. The van der Waals surface area contributed by atoms with Gasteiger partial charge in [-0.3, -0.25) is 9.48 Å². The van der Waals surface area contributed by atoms with E-state index in [9.17, 15) is 4.79 Å². The highest BCUT2D eigenvalue weighted by molar-refractivity contribution is 7.22. The molecule has 1 amide bonds. The van der Waals surface area contributed by atoms with Crippen LogP contribution in [0.3, 0.4) is 0 Å². The molecule has 7 nitrogen and oxygen atoms in total. The monoisotopic (exact) mass is 391 g/mol. The molecular formula is C17H18ClN5O2S. The highest BCUT2D eigenvalue weighted by Gasteiger charge is 2.27. The molecule has 0 N–H and O–H groups in total. The second kappa shape index (κ2) is 6.77. The summed E-state index contributed by atoms with van der Waals surface area (Å²) >= 11 is 7.68. The summed E-state index contributed by atoms with van der Waals surface area (Å²) in [6, 6.07) is 5.73. The summed E-state index contributed by atoms with van der Waals surface area (Å²) < 4.78 is 7.87. The molecule has 9 heteroatoms. The fraction of sp³-hybridized carbons (Fsp3) is 0.353. The minimum atomic E-state index is -0.0503. The average molecular weight is 392 g/mol. The lowest BCUT2D eigenvalue weighted by Crippen LogP contribution is -2.48. The van der Waals surface area contributed by atoms with Crippen molar-refractivity contribution in [2.75, 3.05) is 38.2 Å². The molecule has 1 aliphatic rings. The Morgan fingerprint density at radius 3 is 2.77 bits per heavy atom. The van der Waals surface area contributed by atoms with Gasteiger partial charge in [0.05, 0.1) is 17.3 Å². The van der Waals surface area contributed by atoms with Gasteiger partial charge < -0.3 is 14.5 Å². The van der Waals surface area contributed by atoms with Crippen LogP contribution in [0.2, 0.25) is 5.02 Å². The Morgan fingerprint density at radius 1 is 1.27 bits per heavy atom. The summed E-state index contributed by atoms with van der Waals surface area (Å²) in [4.78, 5) is 21.5. The number of halogens is 1. The first kappa shape index (κ1) is 17.1. The molecule has 1 aliphatic heterocycles. The normalized spacial score (nSPS) is 14.9. The van der Waals surface area contributed by atoms with Crippen molar-refractivity contribution in [3.63, 3.8) is 0 Å². The molecule has 2 aromatic heterocycles. The molecule has 0 aliphatic carbocycles. The van der Waals surface area contributed by atoms with Gasteiger partial charge in [0, 0.05) is 44.4 Å². The predicted molar refractivity (Wildman–Crippen MR) is 103 cm³/mol. The third kappa shape index (κ3) is 3.10. The quantitative estimate of drug-likeness (QED) is 0.686. The highest BCUT2D eigenvalue weighted by atomic mass is 35.5. The molecule has 136 valence electrons. The number of rotatable bonds is 3. The number of piperazine rings is 1. The number of anilines is 1. The van der Waals surface area contributed by atoms with E-state index in [1.807, 2.05) is 23.1 Å². The van der Waals surface area contributed by atoms with Crippen LogP contribution in [0.4, 0.5) is 5.13 Å². The molecule has 3 heterocycles. The summed E-state index contributed by atoms with van der Waals surface area (Å²) in [7, 11) is 3.30. The standard InChI is InChI=1S/C17H18ClN5O2S/c1-21-10-12(15(20-21)25-2)16(24)22-5-7-23(8-6-22)17-19-13-4-3-11(18)9-14(13)26-17/h3-4,9-10H,5-8H2,1-2H3. The number of aromatic nitrogens is 3. The van der Waals surface area contributed by atoms with Crippen LogP contribution in [0.25, 0.3) is 10.2 Å². The molecule has 0 atom stereocenters. The molecule has 0 bridgehead atoms. The number of carbonyl (C=O) groups is 1. The number of benzene rings is 1. The smallest absolute Gasteiger partial charge is 0.261 e. The van der Waals surface area contributed by atoms with E-state index >= 15 is 0 Å². The summed E-state index contributed by atoms with van der Waals surface area (Å²) in [5, 5.41) is 5.84. The van der Waals surface area contributed by atoms with Crippen molar-refractivity contribution in [1.29, 1.82) is 0 Å². The van der Waals surface area contributed by atoms with Gasteiger partial charge in [0.25, 0.3) is 5.91 Å². The molecule has 26 heavy (non-hydrogen) atoms. The Labute approximate surface area is 159 Å². The van der Waals surface area contributed by atoms with Crippen LogP contribution in [-0.2, 0) is 7.05 Å². The van der Waals surface area contributed by atoms with Crippen LogP contribution < -0.4 is 9.64 Å². The van der Waals surface area contributed by atoms with Gasteiger partial charge in [0.2, 0.25) is 5.88 Å². The van der Waals surface area contributed by atoms with Crippen molar-refractivity contribution in [3.8, 4) is 5.88 Å². The van der Waals surface area contributed by atoms with Crippen molar-refractivity contribution in [1.82, 2.24) is 19.7 Å². The average Bonchev–Trinajstić information content (AvgIpc) is 3.24. The molecule has 1 saturated heterocycles. The topological polar surface area (TPSA) is 63.5 Å². The van der Waals surface area contributed by atoms with Crippen LogP contribution in [0.1, 0.15) is 10.4 Å². The van der Waals surface area contributed by atoms with E-state index < -0.39 is 0 Å². The SMILES string of the molecule is COc1nn(C)cc1C(=O)N1CCN(c2nc3ccc(Cl)cc3s2)CC1. The van der Waals surface area contributed by atoms with E-state index in [1.165, 1.54) is 7.11 Å². The molecule has 3 aromatic rings. The van der Waals surface area contributed by atoms with Crippen LogP contribution in [0.15, 0.2) is 24.4 Å². The minimum absolute atomic E-state index is 0.0503. The van der Waals surface area contributed by atoms with Gasteiger partial charge >= 0.3 is 0 Å². The van der Waals surface area contributed by atoms with Gasteiger partial charge in [-0.05, 0) is 18.2 Å². The predicted octanol–water partition coefficient (Wildman–Crippen LogP) is 2.65. The third-order valence-electron chi connectivity index (χ3n) is 4.40. The first-order valence-corrected chi connectivity index (χ1v) is 9.42. The number of methoxy groups -OCH3 is 1. The van der Waals surface area contributed by atoms with Crippen molar-refractivity contribution in [3.05, 3.63) is 35.0 Å². The second-order valence-corrected chi connectivity index (χ2v) is 7.56. The van der Waals surface area contributed by atoms with E-state index in [1.54, 1.807) is 29.3 Å². The van der Waals surface area contributed by atoms with E-state index in [4.69, 9.17) is 16.3 Å². The fourth-order valence-electron chi connectivity index (χ4n) is 3.06. The van der Waals surface area contributed by atoms with Crippen LogP contribution in [-0.4, -0.2) is 58.9 Å². The summed E-state index contributed by atoms with van der Waals surface area (Å²) in [5.41, 5.74) is 1.45. The lowest BCUT2D eigenvalue weighted by Gasteiger charge is -2.34. The number of ether oxygens (including phenoxy) is 1. The molecule has 1 fully saturated rings. The summed E-state index contributed by atoms with van der Waals surface area (Å²) in [5.74, 6) is 0.314. The number of thiazole rings is 1. The second-order valence-electron chi connectivity index (χ2n) is 6.11. The Balaban J connectivity index is 1.47. The van der Waals surface area contributed by atoms with Gasteiger partial charge in [-0.1, -0.05) is 22.9 Å². The Bertz CT molecular complexity index is 961. The summed E-state index contributed by atoms with van der Waals surface area (Å²) in [6.45, 7) is 2.74. The van der Waals surface area contributed by atoms with Gasteiger partial charge in [-0.15, -0.1) is 5.10 Å². The van der Waals surface area contributed by atoms with Crippen molar-refractivity contribution in [2.24, 2.45) is 7.05 Å². The first-order valence-electron chi connectivity index (χ1n) is 8.23. The molecule has 0 saturated carbocycles. The van der Waals surface area contributed by atoms with Crippen LogP contribution in [0, 0.1) is 0 Å². The molecule has 1 aromatic carbocycles. The van der Waals surface area contributed by atoms with Gasteiger partial charge in [-0.2, -0.15) is 0 Å². The minimum Gasteiger partial charge on any atom is -0.479 e. The zero-order valence-electron chi connectivity index (χ0n) is 14.5. The zero-order valence-corrected chi connectivity index (χ0v) is 16.0. The number of carbonyl (C=O) groups excluding carboxylic acids is 1. The van der Waals surface area contributed by atoms with Gasteiger partial charge in [0.15, 0.2) is 5.13 Å². The first-order chi connectivity index (χ1) is 12.5. The third-order valence-corrected chi connectivity index (χ3v) is 5.71. The number of fused-ring (bicyclic) bond motifs is 1. The number of hydrogen-bond donors (Lipinski definition) is 0. The number of aryl methyl sites for hydroxylation is 1. The van der Waals surface area contributed by atoms with E-state index in [-0.39, 0.29) is 5.91 Å². The van der Waals surface area contributed by atoms with Gasteiger partial charge in [0.1, 0.15) is 5.56 Å². The molecule has 0 unspecified atom stereocenters. The lowest BCUT2D eigenvalue weighted by molar-refractivity contribution is 0.0743. The molecule has 0 spiro atoms. The van der Waals surface area contributed by atoms with E-state index in [2.05, 4.69) is 15.0 Å². The fourth-order valence-corrected chi connectivity index (χ4v) is 4.35. The lowest BCUT2D eigenvalue weighted by atomic mass is 10.2. The van der Waals surface area contributed by atoms with Crippen molar-refractivity contribution in [2.45, 2.75) is 0 Å². The molecular weight excluding hydrogens is 374 g/mol. The molecule has 4 rings (SSSR count). The van der Waals surface area contributed by atoms with Crippen molar-refractivity contribution < 1.29 is 9.53 Å². The van der Waals surface area contributed by atoms with Crippen LogP contribution in [0.5, 0.6) is 5.88 Å². The number of amides is 1. The Kier molecular flexibility index (Phi) is 4.46. The van der Waals surface area contributed by atoms with E-state index in [0.29, 0.717) is 29.6 Å². The van der Waals surface area contributed by atoms with Gasteiger partial charge in [-0.25, -0.2) is 4.98 Å².